The van der Waals surface area contributed by atoms with Gasteiger partial charge in [-0.05, 0) is 30.3 Å². The molecule has 150 valence electrons. The molecular formula is C22H20N6O2. The molecule has 0 atom stereocenters. The van der Waals surface area contributed by atoms with Gasteiger partial charge in [0.2, 0.25) is 0 Å². The number of hydrogen-bond acceptors (Lipinski definition) is 5. The number of amides is 1. The quantitative estimate of drug-likeness (QED) is 0.532. The largest absolute Gasteiger partial charge is 0.378 e. The summed E-state index contributed by atoms with van der Waals surface area (Å²) in [6.07, 6.45) is 3.38. The van der Waals surface area contributed by atoms with Crippen LogP contribution in [0.4, 0.5) is 0 Å². The number of nitrogens with one attached hydrogen (secondary N) is 1. The van der Waals surface area contributed by atoms with E-state index in [2.05, 4.69) is 20.2 Å². The molecule has 1 aliphatic rings. The minimum Gasteiger partial charge on any atom is -0.378 e. The van der Waals surface area contributed by atoms with E-state index >= 15 is 0 Å². The molecular weight excluding hydrogens is 380 g/mol. The van der Waals surface area contributed by atoms with Gasteiger partial charge < -0.3 is 14.6 Å². The van der Waals surface area contributed by atoms with E-state index in [0.29, 0.717) is 43.4 Å². The van der Waals surface area contributed by atoms with Crippen LogP contribution in [0.1, 0.15) is 11.5 Å². The van der Waals surface area contributed by atoms with Gasteiger partial charge in [-0.15, -0.1) is 5.10 Å². The monoisotopic (exact) mass is 400 g/mol. The molecule has 1 aliphatic heterocycles. The van der Waals surface area contributed by atoms with Gasteiger partial charge in [-0.1, -0.05) is 30.3 Å². The number of carbonyl (C=O) groups excluding carboxylic acids is 1. The first-order valence-electron chi connectivity index (χ1n) is 9.79. The van der Waals surface area contributed by atoms with Crippen LogP contribution in [0, 0.1) is 0 Å². The predicted molar refractivity (Wildman–Crippen MR) is 113 cm³/mol. The molecule has 5 rings (SSSR count). The minimum atomic E-state index is -0.105. The van der Waals surface area contributed by atoms with E-state index in [-0.39, 0.29) is 5.91 Å². The van der Waals surface area contributed by atoms with Gasteiger partial charge in [0.1, 0.15) is 11.5 Å². The van der Waals surface area contributed by atoms with Crippen LogP contribution in [0.15, 0.2) is 60.8 Å². The Balaban J connectivity index is 1.55. The van der Waals surface area contributed by atoms with Crippen molar-refractivity contribution in [3.05, 3.63) is 72.3 Å². The highest BCUT2D eigenvalue weighted by Gasteiger charge is 2.24. The summed E-state index contributed by atoms with van der Waals surface area (Å²) in [4.78, 5) is 24.6. The first-order chi connectivity index (χ1) is 14.8. The maximum Gasteiger partial charge on any atom is 0.257 e. The molecule has 2 aromatic carbocycles. The number of ether oxygens (including phenoxy) is 1. The Hall–Kier alpha value is -3.78. The van der Waals surface area contributed by atoms with E-state index in [1.54, 1.807) is 22.0 Å². The number of carbonyl (C=O) groups is 1. The summed E-state index contributed by atoms with van der Waals surface area (Å²) >= 11 is 0. The van der Waals surface area contributed by atoms with Crippen LogP contribution in [0.3, 0.4) is 0 Å². The molecule has 4 aromatic rings. The number of H-pyrrole nitrogens is 1. The van der Waals surface area contributed by atoms with Crippen LogP contribution in [-0.4, -0.2) is 62.1 Å². The fourth-order valence-corrected chi connectivity index (χ4v) is 3.42. The molecule has 0 saturated carbocycles. The van der Waals surface area contributed by atoms with E-state index in [9.17, 15) is 4.79 Å². The van der Waals surface area contributed by atoms with E-state index < -0.39 is 0 Å². The normalized spacial score (nSPS) is 14.9. The molecule has 1 amide bonds. The lowest BCUT2D eigenvalue weighted by Crippen LogP contribution is -2.41. The van der Waals surface area contributed by atoms with Crippen LogP contribution in [-0.2, 0) is 9.53 Å². The van der Waals surface area contributed by atoms with Crippen molar-refractivity contribution < 1.29 is 9.53 Å². The van der Waals surface area contributed by atoms with Gasteiger partial charge in [-0.2, -0.15) is 9.90 Å². The minimum absolute atomic E-state index is 0.105. The smallest absolute Gasteiger partial charge is 0.257 e. The second-order valence-electron chi connectivity index (χ2n) is 6.96. The highest BCUT2D eigenvalue weighted by atomic mass is 16.5. The first-order valence-corrected chi connectivity index (χ1v) is 9.79. The Kier molecular flexibility index (Phi) is 4.82. The lowest BCUT2D eigenvalue weighted by atomic mass is 10.1. The van der Waals surface area contributed by atoms with Crippen LogP contribution >= 0.6 is 0 Å². The van der Waals surface area contributed by atoms with Crippen molar-refractivity contribution in [2.45, 2.75) is 0 Å². The van der Waals surface area contributed by atoms with Crippen LogP contribution in [0.5, 0.6) is 0 Å². The summed E-state index contributed by atoms with van der Waals surface area (Å²) in [5.74, 6) is 0.411. The van der Waals surface area contributed by atoms with Gasteiger partial charge in [0, 0.05) is 13.1 Å². The SMILES string of the molecule is O=C(/C(=C\c1cnn(-c2ccccc2)n1)c1nc2ccccc2[nH]1)N1CCOCC1. The zero-order valence-electron chi connectivity index (χ0n) is 16.2. The highest BCUT2D eigenvalue weighted by molar-refractivity contribution is 6.23. The Morgan fingerprint density at radius 1 is 1.03 bits per heavy atom. The fourth-order valence-electron chi connectivity index (χ4n) is 3.42. The molecule has 2 aromatic heterocycles. The van der Waals surface area contributed by atoms with Crippen molar-refractivity contribution in [1.82, 2.24) is 29.9 Å². The molecule has 8 nitrogen and oxygen atoms in total. The molecule has 0 aliphatic carbocycles. The van der Waals surface area contributed by atoms with Crippen LogP contribution in [0.2, 0.25) is 0 Å². The molecule has 1 saturated heterocycles. The van der Waals surface area contributed by atoms with Gasteiger partial charge in [0.15, 0.2) is 0 Å². The lowest BCUT2D eigenvalue weighted by molar-refractivity contribution is -0.128. The number of aromatic nitrogens is 5. The number of aromatic amines is 1. The third-order valence-corrected chi connectivity index (χ3v) is 4.96. The standard InChI is InChI=1S/C22H20N6O2/c29-22(27-10-12-30-13-11-27)18(21-24-19-8-4-5-9-20(19)25-21)14-16-15-23-28(26-16)17-6-2-1-3-7-17/h1-9,14-15H,10-13H2,(H,24,25)/b18-14-. The average molecular weight is 400 g/mol. The number of hydrogen-bond donors (Lipinski definition) is 1. The van der Waals surface area contributed by atoms with Gasteiger partial charge in [-0.3, -0.25) is 4.79 Å². The maximum absolute atomic E-state index is 13.3. The van der Waals surface area contributed by atoms with Crippen molar-refractivity contribution in [1.29, 1.82) is 0 Å². The fraction of sp³-hybridized carbons (Fsp3) is 0.182. The summed E-state index contributed by atoms with van der Waals surface area (Å²) in [5, 5.41) is 8.85. The zero-order valence-corrected chi connectivity index (χ0v) is 16.2. The Labute approximate surface area is 172 Å². The van der Waals surface area contributed by atoms with E-state index in [1.165, 1.54) is 0 Å². The molecule has 0 unspecified atom stereocenters. The van der Waals surface area contributed by atoms with Gasteiger partial charge in [0.25, 0.3) is 5.91 Å². The topological polar surface area (TPSA) is 88.9 Å². The summed E-state index contributed by atoms with van der Waals surface area (Å²) < 4.78 is 5.39. The molecule has 30 heavy (non-hydrogen) atoms. The molecule has 0 spiro atoms. The third-order valence-electron chi connectivity index (χ3n) is 4.96. The molecule has 8 heteroatoms. The summed E-state index contributed by atoms with van der Waals surface area (Å²) in [5.41, 5.74) is 3.56. The van der Waals surface area contributed by atoms with Crippen LogP contribution in [0.25, 0.3) is 28.4 Å². The zero-order chi connectivity index (χ0) is 20.3. The summed E-state index contributed by atoms with van der Waals surface area (Å²) in [7, 11) is 0. The number of para-hydroxylation sites is 3. The van der Waals surface area contributed by atoms with E-state index in [0.717, 1.165) is 16.7 Å². The van der Waals surface area contributed by atoms with Crippen molar-refractivity contribution in [3.8, 4) is 5.69 Å². The van der Waals surface area contributed by atoms with Crippen molar-refractivity contribution in [2.75, 3.05) is 26.3 Å². The molecule has 0 bridgehead atoms. The number of imidazole rings is 1. The lowest BCUT2D eigenvalue weighted by Gasteiger charge is -2.27. The Bertz CT molecular complexity index is 1170. The molecule has 3 heterocycles. The second kappa shape index (κ2) is 7.92. The van der Waals surface area contributed by atoms with Crippen molar-refractivity contribution in [3.63, 3.8) is 0 Å². The number of morpholine rings is 1. The van der Waals surface area contributed by atoms with Crippen LogP contribution < -0.4 is 0 Å². The Morgan fingerprint density at radius 3 is 2.60 bits per heavy atom. The second-order valence-corrected chi connectivity index (χ2v) is 6.96. The maximum atomic E-state index is 13.3. The Morgan fingerprint density at radius 2 is 1.80 bits per heavy atom. The molecule has 1 fully saturated rings. The number of rotatable bonds is 4. The van der Waals surface area contributed by atoms with Gasteiger partial charge in [-0.25, -0.2) is 4.98 Å². The number of fused-ring (bicyclic) bond motifs is 1. The summed E-state index contributed by atoms with van der Waals surface area (Å²) in [6.45, 7) is 2.16. The molecule has 0 radical (unpaired) electrons. The summed E-state index contributed by atoms with van der Waals surface area (Å²) in [6, 6.07) is 17.3. The molecule has 1 N–H and O–H groups in total. The van der Waals surface area contributed by atoms with E-state index in [1.807, 2.05) is 54.6 Å². The number of nitrogens with zero attached hydrogens (tertiary/aromatic N) is 5. The first kappa shape index (κ1) is 18.3. The average Bonchev–Trinajstić information content (AvgIpc) is 3.45. The number of benzene rings is 2. The van der Waals surface area contributed by atoms with Gasteiger partial charge in [0.05, 0.1) is 41.7 Å². The van der Waals surface area contributed by atoms with Crippen molar-refractivity contribution >= 4 is 28.6 Å². The van der Waals surface area contributed by atoms with E-state index in [4.69, 9.17) is 4.74 Å². The highest BCUT2D eigenvalue weighted by Crippen LogP contribution is 2.22. The predicted octanol–water partition coefficient (Wildman–Crippen LogP) is 2.54. The van der Waals surface area contributed by atoms with Crippen molar-refractivity contribution in [2.24, 2.45) is 0 Å². The van der Waals surface area contributed by atoms with Gasteiger partial charge >= 0.3 is 0 Å². The third kappa shape index (κ3) is 3.60.